The van der Waals surface area contributed by atoms with Crippen LogP contribution in [-0.4, -0.2) is 53.5 Å². The molecule has 2 unspecified atom stereocenters. The maximum absolute atomic E-state index is 11.8. The summed E-state index contributed by atoms with van der Waals surface area (Å²) in [6, 6.07) is -0.0683. The smallest absolute Gasteiger partial charge is 0.410 e. The van der Waals surface area contributed by atoms with Crippen LogP contribution in [-0.2, 0) is 4.74 Å². The van der Waals surface area contributed by atoms with E-state index in [0.29, 0.717) is 19.6 Å². The Kier molecular flexibility index (Phi) is 7.25. The lowest BCUT2D eigenvalue weighted by Gasteiger charge is -2.35. The second-order valence-corrected chi connectivity index (χ2v) is 5.23. The highest BCUT2D eigenvalue weighted by Gasteiger charge is 2.28. The highest BCUT2D eigenvalue weighted by molar-refractivity contribution is 5.68. The minimum atomic E-state index is -0.470. The Bertz CT molecular complexity index is 249. The molecule has 2 atom stereocenters. The largest absolute Gasteiger partial charge is 0.444 e. The molecular weight excluding hydrogens is 232 g/mol. The summed E-state index contributed by atoms with van der Waals surface area (Å²) < 4.78 is 5.28. The molecule has 5 heteroatoms. The molecule has 0 aromatic heterocycles. The number of piperazine rings is 1. The van der Waals surface area contributed by atoms with Crippen molar-refractivity contribution in [2.45, 2.75) is 59.3 Å². The van der Waals surface area contributed by atoms with Crippen molar-refractivity contribution in [1.82, 2.24) is 10.2 Å². The number of aliphatic hydroxyl groups is 1. The summed E-state index contributed by atoms with van der Waals surface area (Å²) in [6.45, 7) is 13.1. The zero-order valence-electron chi connectivity index (χ0n) is 12.5. The van der Waals surface area contributed by atoms with Gasteiger partial charge in [0.2, 0.25) is 0 Å². The van der Waals surface area contributed by atoms with Gasteiger partial charge in [-0.3, -0.25) is 0 Å². The zero-order valence-corrected chi connectivity index (χ0v) is 12.5. The van der Waals surface area contributed by atoms with Crippen LogP contribution in [0.3, 0.4) is 0 Å². The van der Waals surface area contributed by atoms with Gasteiger partial charge in [0.1, 0.15) is 5.60 Å². The van der Waals surface area contributed by atoms with E-state index >= 15 is 0 Å². The molecule has 1 aliphatic heterocycles. The normalized spacial score (nSPS) is 21.7. The van der Waals surface area contributed by atoms with Gasteiger partial charge >= 0.3 is 6.09 Å². The summed E-state index contributed by atoms with van der Waals surface area (Å²) in [5.41, 5.74) is -0.470. The number of hydrogen-bond donors (Lipinski definition) is 2. The predicted molar refractivity (Wildman–Crippen MR) is 72.6 cm³/mol. The molecule has 1 heterocycles. The first-order chi connectivity index (χ1) is 8.29. The third-order valence-corrected chi connectivity index (χ3v) is 2.44. The number of aliphatic hydroxyl groups excluding tert-OH is 1. The van der Waals surface area contributed by atoms with Gasteiger partial charge in [0, 0.05) is 19.6 Å². The van der Waals surface area contributed by atoms with Crippen molar-refractivity contribution in [2.75, 3.05) is 19.6 Å². The zero-order chi connectivity index (χ0) is 14.3. The van der Waals surface area contributed by atoms with Crippen LogP contribution in [0, 0.1) is 0 Å². The fourth-order valence-electron chi connectivity index (χ4n) is 1.59. The molecule has 0 bridgehead atoms. The summed E-state index contributed by atoms with van der Waals surface area (Å²) >= 11 is 0. The molecule has 0 spiro atoms. The third-order valence-electron chi connectivity index (χ3n) is 2.44. The Labute approximate surface area is 110 Å². The maximum atomic E-state index is 11.8. The number of nitrogens with one attached hydrogen (secondary N) is 1. The molecule has 0 radical (unpaired) electrons. The average molecular weight is 260 g/mol. The monoisotopic (exact) mass is 260 g/mol. The van der Waals surface area contributed by atoms with Gasteiger partial charge < -0.3 is 20.1 Å². The summed E-state index contributed by atoms with van der Waals surface area (Å²) in [4.78, 5) is 13.4. The Morgan fingerprint density at radius 1 is 1.44 bits per heavy atom. The SMILES string of the molecule is CC.CC(O)C1CN(C(=O)OC(C)(C)C)CCN1. The molecule has 1 amide bonds. The van der Waals surface area contributed by atoms with Gasteiger partial charge in [-0.2, -0.15) is 0 Å². The molecule has 0 aliphatic carbocycles. The van der Waals surface area contributed by atoms with E-state index in [1.807, 2.05) is 34.6 Å². The maximum Gasteiger partial charge on any atom is 0.410 e. The first-order valence-electron chi connectivity index (χ1n) is 6.69. The summed E-state index contributed by atoms with van der Waals surface area (Å²) in [7, 11) is 0. The summed E-state index contributed by atoms with van der Waals surface area (Å²) in [6.07, 6.45) is -0.773. The Balaban J connectivity index is 0.00000137. The van der Waals surface area contributed by atoms with Crippen molar-refractivity contribution in [3.63, 3.8) is 0 Å². The van der Waals surface area contributed by atoms with Crippen molar-refractivity contribution in [2.24, 2.45) is 0 Å². The van der Waals surface area contributed by atoms with Crippen LogP contribution < -0.4 is 5.32 Å². The van der Waals surface area contributed by atoms with E-state index in [1.165, 1.54) is 0 Å². The van der Waals surface area contributed by atoms with Gasteiger partial charge in [0.05, 0.1) is 12.1 Å². The van der Waals surface area contributed by atoms with Crippen LogP contribution in [0.4, 0.5) is 4.79 Å². The molecular formula is C13H28N2O3. The second kappa shape index (κ2) is 7.59. The fraction of sp³-hybridized carbons (Fsp3) is 0.923. The van der Waals surface area contributed by atoms with E-state index in [2.05, 4.69) is 5.32 Å². The number of ether oxygens (including phenoxy) is 1. The fourth-order valence-corrected chi connectivity index (χ4v) is 1.59. The van der Waals surface area contributed by atoms with E-state index in [4.69, 9.17) is 4.74 Å². The van der Waals surface area contributed by atoms with E-state index < -0.39 is 11.7 Å². The molecule has 18 heavy (non-hydrogen) atoms. The average Bonchev–Trinajstić information content (AvgIpc) is 2.29. The molecule has 2 N–H and O–H groups in total. The van der Waals surface area contributed by atoms with Gasteiger partial charge in [-0.25, -0.2) is 4.79 Å². The van der Waals surface area contributed by atoms with Crippen molar-refractivity contribution in [1.29, 1.82) is 0 Å². The minimum Gasteiger partial charge on any atom is -0.444 e. The molecule has 0 aromatic carbocycles. The van der Waals surface area contributed by atoms with Crippen molar-refractivity contribution in [3.8, 4) is 0 Å². The van der Waals surface area contributed by atoms with Gasteiger partial charge in [-0.05, 0) is 27.7 Å². The summed E-state index contributed by atoms with van der Waals surface area (Å²) in [5.74, 6) is 0. The standard InChI is InChI=1S/C11H22N2O3.C2H6/c1-8(14)9-7-13(6-5-12-9)10(15)16-11(2,3)4;1-2/h8-9,12,14H,5-7H2,1-4H3;1-2H3. The van der Waals surface area contributed by atoms with Crippen LogP contribution in [0.2, 0.25) is 0 Å². The summed E-state index contributed by atoms with van der Waals surface area (Å²) in [5, 5.41) is 12.6. The van der Waals surface area contributed by atoms with Gasteiger partial charge in [-0.1, -0.05) is 13.8 Å². The Hall–Kier alpha value is -0.810. The van der Waals surface area contributed by atoms with E-state index in [9.17, 15) is 9.90 Å². The number of hydrogen-bond acceptors (Lipinski definition) is 4. The minimum absolute atomic E-state index is 0.0683. The molecule has 108 valence electrons. The molecule has 0 aromatic rings. The van der Waals surface area contributed by atoms with Crippen LogP contribution in [0.5, 0.6) is 0 Å². The highest BCUT2D eigenvalue weighted by atomic mass is 16.6. The van der Waals surface area contributed by atoms with Crippen molar-refractivity contribution in [3.05, 3.63) is 0 Å². The molecule has 1 fully saturated rings. The van der Waals surface area contributed by atoms with Gasteiger partial charge in [-0.15, -0.1) is 0 Å². The second-order valence-electron chi connectivity index (χ2n) is 5.23. The predicted octanol–water partition coefficient (Wildman–Crippen LogP) is 1.60. The number of rotatable bonds is 1. The lowest BCUT2D eigenvalue weighted by atomic mass is 10.1. The Morgan fingerprint density at radius 3 is 2.44 bits per heavy atom. The lowest BCUT2D eigenvalue weighted by molar-refractivity contribution is 0.0127. The van der Waals surface area contributed by atoms with Crippen molar-refractivity contribution < 1.29 is 14.6 Å². The number of nitrogens with zero attached hydrogens (tertiary/aromatic N) is 1. The van der Waals surface area contributed by atoms with Crippen LogP contribution in [0.25, 0.3) is 0 Å². The molecule has 5 nitrogen and oxygen atoms in total. The third kappa shape index (κ3) is 6.21. The molecule has 1 rings (SSSR count). The van der Waals surface area contributed by atoms with Gasteiger partial charge in [0.25, 0.3) is 0 Å². The molecule has 1 aliphatic rings. The van der Waals surface area contributed by atoms with Crippen molar-refractivity contribution >= 4 is 6.09 Å². The molecule has 0 saturated carbocycles. The number of carbonyl (C=O) groups is 1. The number of carbonyl (C=O) groups excluding carboxylic acids is 1. The van der Waals surface area contributed by atoms with E-state index in [1.54, 1.807) is 11.8 Å². The first-order valence-corrected chi connectivity index (χ1v) is 6.69. The van der Waals surface area contributed by atoms with E-state index in [-0.39, 0.29) is 12.1 Å². The van der Waals surface area contributed by atoms with Crippen LogP contribution in [0.1, 0.15) is 41.5 Å². The molecule has 1 saturated heterocycles. The van der Waals surface area contributed by atoms with Crippen LogP contribution in [0.15, 0.2) is 0 Å². The quantitative estimate of drug-likeness (QED) is 0.752. The Morgan fingerprint density at radius 2 is 2.00 bits per heavy atom. The van der Waals surface area contributed by atoms with E-state index in [0.717, 1.165) is 0 Å². The number of amides is 1. The van der Waals surface area contributed by atoms with Crippen LogP contribution >= 0.6 is 0 Å². The van der Waals surface area contributed by atoms with Gasteiger partial charge in [0.15, 0.2) is 0 Å². The topological polar surface area (TPSA) is 61.8 Å². The first kappa shape index (κ1) is 17.2. The highest BCUT2D eigenvalue weighted by Crippen LogP contribution is 2.12. The lowest BCUT2D eigenvalue weighted by Crippen LogP contribution is -2.57.